The van der Waals surface area contributed by atoms with E-state index < -0.39 is 6.10 Å². The van der Waals surface area contributed by atoms with Crippen LogP contribution in [-0.4, -0.2) is 37.0 Å². The van der Waals surface area contributed by atoms with Crippen molar-refractivity contribution in [3.63, 3.8) is 0 Å². The van der Waals surface area contributed by atoms with Crippen LogP contribution >= 0.6 is 0 Å². The average molecular weight is 245 g/mol. The first-order valence-corrected chi connectivity index (χ1v) is 6.92. The van der Waals surface area contributed by atoms with Crippen molar-refractivity contribution in [2.45, 2.75) is 59.6 Å². The Balaban J connectivity index is 3.37. The smallest absolute Gasteiger partial charge is 0.0897 e. The van der Waals surface area contributed by atoms with Crippen LogP contribution in [0.2, 0.25) is 0 Å². The largest absolute Gasteiger partial charge is 0.389 e. The lowest BCUT2D eigenvalue weighted by molar-refractivity contribution is 0.0330. The molecule has 3 nitrogen and oxygen atoms in total. The predicted octanol–water partition coefficient (Wildman–Crippen LogP) is 2.43. The Morgan fingerprint density at radius 1 is 1.12 bits per heavy atom. The molecule has 17 heavy (non-hydrogen) atoms. The van der Waals surface area contributed by atoms with Crippen molar-refractivity contribution in [1.29, 1.82) is 0 Å². The second-order valence-corrected chi connectivity index (χ2v) is 5.71. The zero-order valence-electron chi connectivity index (χ0n) is 12.2. The van der Waals surface area contributed by atoms with Crippen LogP contribution in [0.15, 0.2) is 0 Å². The summed E-state index contributed by atoms with van der Waals surface area (Å²) in [6.45, 7) is 12.7. The monoisotopic (exact) mass is 245 g/mol. The Bertz CT molecular complexity index is 172. The standard InChI is InChI=1S/C14H31NO2/c1-11(2)7-6-8-17-10-14(16)9-15-13(5)12(3)4/h11-16H,6-10H2,1-5H3. The molecule has 0 rings (SSSR count). The summed E-state index contributed by atoms with van der Waals surface area (Å²) in [6, 6.07) is 0.436. The molecule has 0 bridgehead atoms. The topological polar surface area (TPSA) is 41.5 Å². The third kappa shape index (κ3) is 10.7. The lowest BCUT2D eigenvalue weighted by Crippen LogP contribution is -2.38. The molecule has 0 aliphatic carbocycles. The first kappa shape index (κ1) is 16.9. The van der Waals surface area contributed by atoms with Crippen molar-refractivity contribution in [3.8, 4) is 0 Å². The quantitative estimate of drug-likeness (QED) is 0.581. The van der Waals surface area contributed by atoms with Gasteiger partial charge in [0.05, 0.1) is 12.7 Å². The van der Waals surface area contributed by atoms with Gasteiger partial charge in [0.1, 0.15) is 0 Å². The van der Waals surface area contributed by atoms with Crippen LogP contribution in [0.25, 0.3) is 0 Å². The van der Waals surface area contributed by atoms with E-state index in [1.54, 1.807) is 0 Å². The molecule has 0 aliphatic rings. The summed E-state index contributed by atoms with van der Waals surface area (Å²) in [6.07, 6.45) is 1.88. The minimum atomic E-state index is -0.393. The normalized spacial score (nSPS) is 15.5. The summed E-state index contributed by atoms with van der Waals surface area (Å²) in [7, 11) is 0. The van der Waals surface area contributed by atoms with Gasteiger partial charge in [-0.2, -0.15) is 0 Å². The van der Waals surface area contributed by atoms with Crippen LogP contribution in [0.5, 0.6) is 0 Å². The molecule has 0 amide bonds. The second kappa shape index (κ2) is 9.86. The van der Waals surface area contributed by atoms with Gasteiger partial charge in [-0.1, -0.05) is 27.7 Å². The highest BCUT2D eigenvalue weighted by Gasteiger charge is 2.09. The molecular weight excluding hydrogens is 214 g/mol. The highest BCUT2D eigenvalue weighted by molar-refractivity contribution is 4.67. The Morgan fingerprint density at radius 3 is 2.29 bits per heavy atom. The molecule has 0 aliphatic heterocycles. The number of rotatable bonds is 10. The van der Waals surface area contributed by atoms with Gasteiger partial charge in [0.25, 0.3) is 0 Å². The predicted molar refractivity (Wildman–Crippen MR) is 73.2 cm³/mol. The molecule has 0 fully saturated rings. The molecule has 0 radical (unpaired) electrons. The summed E-state index contributed by atoms with van der Waals surface area (Å²) in [4.78, 5) is 0. The van der Waals surface area contributed by atoms with E-state index in [2.05, 4.69) is 39.9 Å². The number of hydrogen-bond donors (Lipinski definition) is 2. The number of hydrogen-bond acceptors (Lipinski definition) is 3. The van der Waals surface area contributed by atoms with Gasteiger partial charge in [-0.15, -0.1) is 0 Å². The maximum absolute atomic E-state index is 9.70. The number of ether oxygens (including phenoxy) is 1. The van der Waals surface area contributed by atoms with Crippen molar-refractivity contribution in [3.05, 3.63) is 0 Å². The summed E-state index contributed by atoms with van der Waals surface area (Å²) < 4.78 is 5.45. The first-order valence-electron chi connectivity index (χ1n) is 6.92. The van der Waals surface area contributed by atoms with Crippen LogP contribution in [0.1, 0.15) is 47.5 Å². The van der Waals surface area contributed by atoms with Gasteiger partial charge >= 0.3 is 0 Å². The fourth-order valence-electron chi connectivity index (χ4n) is 1.43. The third-order valence-electron chi connectivity index (χ3n) is 3.06. The molecule has 0 aromatic rings. The molecule has 0 aromatic carbocycles. The van der Waals surface area contributed by atoms with E-state index in [-0.39, 0.29) is 0 Å². The third-order valence-corrected chi connectivity index (χ3v) is 3.06. The van der Waals surface area contributed by atoms with E-state index in [9.17, 15) is 5.11 Å². The van der Waals surface area contributed by atoms with Crippen molar-refractivity contribution < 1.29 is 9.84 Å². The lowest BCUT2D eigenvalue weighted by Gasteiger charge is -2.20. The maximum Gasteiger partial charge on any atom is 0.0897 e. The molecule has 0 saturated carbocycles. The molecule has 0 aromatic heterocycles. The Hall–Kier alpha value is -0.120. The summed E-state index contributed by atoms with van der Waals surface area (Å²) in [5.41, 5.74) is 0. The van der Waals surface area contributed by atoms with Crippen molar-refractivity contribution in [1.82, 2.24) is 5.32 Å². The van der Waals surface area contributed by atoms with E-state index >= 15 is 0 Å². The molecule has 0 heterocycles. The van der Waals surface area contributed by atoms with Gasteiger partial charge in [-0.05, 0) is 31.6 Å². The Labute approximate surface area is 107 Å². The zero-order chi connectivity index (χ0) is 13.3. The van der Waals surface area contributed by atoms with Gasteiger partial charge in [-0.25, -0.2) is 0 Å². The van der Waals surface area contributed by atoms with Crippen molar-refractivity contribution in [2.24, 2.45) is 11.8 Å². The van der Waals surface area contributed by atoms with Crippen LogP contribution in [0.3, 0.4) is 0 Å². The number of aliphatic hydroxyl groups is 1. The summed E-state index contributed by atoms with van der Waals surface area (Å²) in [5, 5.41) is 13.0. The SMILES string of the molecule is CC(C)CCCOCC(O)CNC(C)C(C)C. The zero-order valence-corrected chi connectivity index (χ0v) is 12.2. The van der Waals surface area contributed by atoms with Crippen molar-refractivity contribution >= 4 is 0 Å². The van der Waals surface area contributed by atoms with Gasteiger partial charge in [-0.3, -0.25) is 0 Å². The molecule has 2 atom stereocenters. The minimum absolute atomic E-state index is 0.393. The second-order valence-electron chi connectivity index (χ2n) is 5.71. The van der Waals surface area contributed by atoms with E-state index in [0.717, 1.165) is 18.9 Å². The van der Waals surface area contributed by atoms with E-state index in [4.69, 9.17) is 4.74 Å². The van der Waals surface area contributed by atoms with Gasteiger partial charge in [0.15, 0.2) is 0 Å². The first-order chi connectivity index (χ1) is 7.93. The molecule has 3 heteroatoms. The fraction of sp³-hybridized carbons (Fsp3) is 1.00. The number of aliphatic hydroxyl groups excluding tert-OH is 1. The van der Waals surface area contributed by atoms with Gasteiger partial charge < -0.3 is 15.2 Å². The van der Waals surface area contributed by atoms with E-state index in [1.807, 2.05) is 0 Å². The van der Waals surface area contributed by atoms with Crippen LogP contribution in [0, 0.1) is 11.8 Å². The lowest BCUT2D eigenvalue weighted by atomic mass is 10.1. The fourth-order valence-corrected chi connectivity index (χ4v) is 1.43. The average Bonchev–Trinajstić information content (AvgIpc) is 2.24. The Morgan fingerprint density at radius 2 is 1.76 bits per heavy atom. The maximum atomic E-state index is 9.70. The molecule has 2 unspecified atom stereocenters. The van der Waals surface area contributed by atoms with Gasteiger partial charge in [0, 0.05) is 19.2 Å². The van der Waals surface area contributed by atoms with E-state index in [0.29, 0.717) is 25.1 Å². The molecule has 2 N–H and O–H groups in total. The molecular formula is C14H31NO2. The molecule has 0 saturated heterocycles. The minimum Gasteiger partial charge on any atom is -0.389 e. The summed E-state index contributed by atoms with van der Waals surface area (Å²) >= 11 is 0. The number of nitrogens with one attached hydrogen (secondary N) is 1. The van der Waals surface area contributed by atoms with Gasteiger partial charge in [0.2, 0.25) is 0 Å². The van der Waals surface area contributed by atoms with E-state index in [1.165, 1.54) is 6.42 Å². The highest BCUT2D eigenvalue weighted by atomic mass is 16.5. The highest BCUT2D eigenvalue weighted by Crippen LogP contribution is 2.03. The van der Waals surface area contributed by atoms with Crippen LogP contribution in [0.4, 0.5) is 0 Å². The van der Waals surface area contributed by atoms with Crippen molar-refractivity contribution in [2.75, 3.05) is 19.8 Å². The van der Waals surface area contributed by atoms with Crippen LogP contribution in [-0.2, 0) is 4.74 Å². The molecule has 0 spiro atoms. The summed E-state index contributed by atoms with van der Waals surface area (Å²) in [5.74, 6) is 1.33. The van der Waals surface area contributed by atoms with Crippen LogP contribution < -0.4 is 5.32 Å². The Kier molecular flexibility index (Phi) is 9.79. The molecule has 104 valence electrons.